The Hall–Kier alpha value is -1.15. The molecule has 1 saturated carbocycles. The van der Waals surface area contributed by atoms with Crippen LogP contribution in [-0.2, 0) is 11.2 Å². The molecule has 0 aromatic heterocycles. The van der Waals surface area contributed by atoms with Gasteiger partial charge in [0, 0.05) is 18.4 Å². The Bertz CT molecular complexity index is 470. The number of aryl methyl sites for hydroxylation is 2. The van der Waals surface area contributed by atoms with Crippen molar-refractivity contribution < 1.29 is 4.79 Å². The van der Waals surface area contributed by atoms with Crippen molar-refractivity contribution in [2.24, 2.45) is 11.1 Å². The molecule has 0 bridgehead atoms. The molecule has 110 valence electrons. The van der Waals surface area contributed by atoms with Crippen molar-refractivity contribution in [2.75, 3.05) is 6.54 Å². The second-order valence-corrected chi connectivity index (χ2v) is 6.42. The summed E-state index contributed by atoms with van der Waals surface area (Å²) in [6, 6.07) is 6.34. The summed E-state index contributed by atoms with van der Waals surface area (Å²) < 4.78 is 0. The minimum absolute atomic E-state index is 0.255. The monoisotopic (exact) mass is 273 g/mol. The maximum absolute atomic E-state index is 12.8. The molecule has 1 aliphatic carbocycles. The van der Waals surface area contributed by atoms with Gasteiger partial charge in [-0.1, -0.05) is 43.9 Å². The van der Waals surface area contributed by atoms with Crippen molar-refractivity contribution in [1.29, 1.82) is 0 Å². The van der Waals surface area contributed by atoms with E-state index in [1.165, 1.54) is 24.0 Å². The van der Waals surface area contributed by atoms with Gasteiger partial charge in [0.15, 0.2) is 0 Å². The number of hydrogen-bond acceptors (Lipinski definition) is 2. The van der Waals surface area contributed by atoms with Gasteiger partial charge < -0.3 is 5.73 Å². The Kier molecular flexibility index (Phi) is 4.98. The molecule has 2 nitrogen and oxygen atoms in total. The zero-order valence-electron chi connectivity index (χ0n) is 12.9. The molecular weight excluding hydrogens is 246 g/mol. The SMILES string of the molecule is Cc1ccc(CC(=O)C2(CN)CCCCCC2)cc1C. The number of nitrogens with two attached hydrogens (primary N) is 1. The Morgan fingerprint density at radius 2 is 1.75 bits per heavy atom. The van der Waals surface area contributed by atoms with Crippen molar-refractivity contribution in [3.8, 4) is 0 Å². The zero-order valence-corrected chi connectivity index (χ0v) is 12.9. The number of benzene rings is 1. The maximum Gasteiger partial charge on any atom is 0.144 e. The highest BCUT2D eigenvalue weighted by Crippen LogP contribution is 2.36. The summed E-state index contributed by atoms with van der Waals surface area (Å²) >= 11 is 0. The summed E-state index contributed by atoms with van der Waals surface area (Å²) in [5, 5.41) is 0. The molecule has 20 heavy (non-hydrogen) atoms. The van der Waals surface area contributed by atoms with Crippen LogP contribution >= 0.6 is 0 Å². The van der Waals surface area contributed by atoms with Gasteiger partial charge in [-0.3, -0.25) is 4.79 Å². The number of rotatable bonds is 4. The van der Waals surface area contributed by atoms with E-state index in [1.54, 1.807) is 0 Å². The normalized spacial score (nSPS) is 18.6. The van der Waals surface area contributed by atoms with Crippen molar-refractivity contribution >= 4 is 5.78 Å². The first-order valence-corrected chi connectivity index (χ1v) is 7.87. The van der Waals surface area contributed by atoms with Gasteiger partial charge in [-0.25, -0.2) is 0 Å². The van der Waals surface area contributed by atoms with Crippen LogP contribution in [0.25, 0.3) is 0 Å². The molecule has 2 heteroatoms. The largest absolute Gasteiger partial charge is 0.329 e. The number of carbonyl (C=O) groups is 1. The van der Waals surface area contributed by atoms with Gasteiger partial charge in [0.25, 0.3) is 0 Å². The fourth-order valence-corrected chi connectivity index (χ4v) is 3.29. The van der Waals surface area contributed by atoms with E-state index in [0.717, 1.165) is 31.2 Å². The van der Waals surface area contributed by atoms with Crippen molar-refractivity contribution in [3.05, 3.63) is 34.9 Å². The molecule has 2 rings (SSSR count). The van der Waals surface area contributed by atoms with Crippen molar-refractivity contribution in [1.82, 2.24) is 0 Å². The summed E-state index contributed by atoms with van der Waals surface area (Å²) in [6.07, 6.45) is 7.29. The quantitative estimate of drug-likeness (QED) is 0.850. The molecule has 0 heterocycles. The number of Topliss-reactive ketones (excluding diaryl/α,β-unsaturated/α-hetero) is 1. The summed E-state index contributed by atoms with van der Waals surface area (Å²) in [6.45, 7) is 4.72. The fraction of sp³-hybridized carbons (Fsp3) is 0.611. The first-order chi connectivity index (χ1) is 9.57. The molecule has 2 N–H and O–H groups in total. The number of carbonyl (C=O) groups excluding carboxylic acids is 1. The maximum atomic E-state index is 12.8. The third kappa shape index (κ3) is 3.29. The predicted molar refractivity (Wildman–Crippen MR) is 83.8 cm³/mol. The van der Waals surface area contributed by atoms with Crippen molar-refractivity contribution in [3.63, 3.8) is 0 Å². The Morgan fingerprint density at radius 3 is 2.30 bits per heavy atom. The molecule has 1 aliphatic rings. The van der Waals surface area contributed by atoms with E-state index in [1.807, 2.05) is 0 Å². The molecule has 0 radical (unpaired) electrons. The third-order valence-corrected chi connectivity index (χ3v) is 4.98. The van der Waals surface area contributed by atoms with Gasteiger partial charge >= 0.3 is 0 Å². The first kappa shape index (κ1) is 15.2. The van der Waals surface area contributed by atoms with Crippen LogP contribution in [0.3, 0.4) is 0 Å². The van der Waals surface area contributed by atoms with Crippen LogP contribution in [0.15, 0.2) is 18.2 Å². The molecular formula is C18H27NO. The van der Waals surface area contributed by atoms with Crippen LogP contribution in [0.2, 0.25) is 0 Å². The van der Waals surface area contributed by atoms with Crippen LogP contribution in [0.5, 0.6) is 0 Å². The molecule has 0 amide bonds. The molecule has 0 aliphatic heterocycles. The van der Waals surface area contributed by atoms with Crippen LogP contribution in [0.1, 0.15) is 55.2 Å². The summed E-state index contributed by atoms with van der Waals surface area (Å²) in [7, 11) is 0. The lowest BCUT2D eigenvalue weighted by atomic mass is 9.74. The summed E-state index contributed by atoms with van der Waals surface area (Å²) in [4.78, 5) is 12.8. The van der Waals surface area contributed by atoms with Gasteiger partial charge in [0.1, 0.15) is 5.78 Å². The average molecular weight is 273 g/mol. The van der Waals surface area contributed by atoms with Gasteiger partial charge in [0.05, 0.1) is 0 Å². The van der Waals surface area contributed by atoms with E-state index in [0.29, 0.717) is 18.7 Å². The average Bonchev–Trinajstić information content (AvgIpc) is 2.69. The van der Waals surface area contributed by atoms with E-state index in [9.17, 15) is 4.79 Å². The second-order valence-electron chi connectivity index (χ2n) is 6.42. The summed E-state index contributed by atoms with van der Waals surface area (Å²) in [5.41, 5.74) is 9.42. The van der Waals surface area contributed by atoms with E-state index in [2.05, 4.69) is 32.0 Å². The van der Waals surface area contributed by atoms with Gasteiger partial charge in [0.2, 0.25) is 0 Å². The third-order valence-electron chi connectivity index (χ3n) is 4.98. The minimum Gasteiger partial charge on any atom is -0.329 e. The van der Waals surface area contributed by atoms with E-state index in [-0.39, 0.29) is 5.41 Å². The lowest BCUT2D eigenvalue weighted by Crippen LogP contribution is -2.39. The van der Waals surface area contributed by atoms with Crippen LogP contribution in [0, 0.1) is 19.3 Å². The second kappa shape index (κ2) is 6.53. The zero-order chi connectivity index (χ0) is 14.6. The predicted octanol–water partition coefficient (Wildman–Crippen LogP) is 3.71. The van der Waals surface area contributed by atoms with E-state index in [4.69, 9.17) is 5.73 Å². The fourth-order valence-electron chi connectivity index (χ4n) is 3.29. The molecule has 1 fully saturated rings. The highest BCUT2D eigenvalue weighted by Gasteiger charge is 2.36. The summed E-state index contributed by atoms with van der Waals surface area (Å²) in [5.74, 6) is 0.352. The van der Waals surface area contributed by atoms with Crippen LogP contribution in [-0.4, -0.2) is 12.3 Å². The van der Waals surface area contributed by atoms with Gasteiger partial charge in [-0.2, -0.15) is 0 Å². The Balaban J connectivity index is 2.14. The topological polar surface area (TPSA) is 43.1 Å². The van der Waals surface area contributed by atoms with Crippen molar-refractivity contribution in [2.45, 2.75) is 58.8 Å². The minimum atomic E-state index is -0.255. The number of ketones is 1. The van der Waals surface area contributed by atoms with E-state index < -0.39 is 0 Å². The van der Waals surface area contributed by atoms with E-state index >= 15 is 0 Å². The van der Waals surface area contributed by atoms with Crippen LogP contribution in [0.4, 0.5) is 0 Å². The first-order valence-electron chi connectivity index (χ1n) is 7.87. The number of hydrogen-bond donors (Lipinski definition) is 1. The molecule has 1 aromatic rings. The van der Waals surface area contributed by atoms with Crippen LogP contribution < -0.4 is 5.73 Å². The smallest absolute Gasteiger partial charge is 0.144 e. The Morgan fingerprint density at radius 1 is 1.10 bits per heavy atom. The highest BCUT2D eigenvalue weighted by molar-refractivity contribution is 5.87. The molecule has 0 unspecified atom stereocenters. The Labute approximate surface area is 122 Å². The standard InChI is InChI=1S/C18H27NO/c1-14-7-8-16(11-15(14)2)12-17(20)18(13-19)9-5-3-4-6-10-18/h7-8,11H,3-6,9-10,12-13,19H2,1-2H3. The lowest BCUT2D eigenvalue weighted by molar-refractivity contribution is -0.128. The van der Waals surface area contributed by atoms with Gasteiger partial charge in [-0.15, -0.1) is 0 Å². The molecule has 0 atom stereocenters. The van der Waals surface area contributed by atoms with Gasteiger partial charge in [-0.05, 0) is 43.4 Å². The molecule has 0 spiro atoms. The molecule has 1 aromatic carbocycles. The lowest BCUT2D eigenvalue weighted by Gasteiger charge is -2.30. The highest BCUT2D eigenvalue weighted by atomic mass is 16.1. The molecule has 0 saturated heterocycles.